The lowest BCUT2D eigenvalue weighted by Crippen LogP contribution is -2.01. The molecule has 0 bridgehead atoms. The van der Waals surface area contributed by atoms with Crippen LogP contribution in [0.1, 0.15) is 11.1 Å². The van der Waals surface area contributed by atoms with Crippen molar-refractivity contribution in [3.8, 4) is 0 Å². The van der Waals surface area contributed by atoms with Gasteiger partial charge in [-0.2, -0.15) is 0 Å². The Bertz CT molecular complexity index is 517. The Kier molecular flexibility index (Phi) is 3.72. The maximum absolute atomic E-state index is 5.97. The first-order chi connectivity index (χ1) is 8.06. The van der Waals surface area contributed by atoms with E-state index < -0.39 is 0 Å². The summed E-state index contributed by atoms with van der Waals surface area (Å²) in [5, 5.41) is 1.23. The van der Waals surface area contributed by atoms with Crippen LogP contribution in [-0.4, -0.2) is 9.97 Å². The molecule has 1 heterocycles. The van der Waals surface area contributed by atoms with Crippen LogP contribution in [0.4, 0.5) is 5.95 Å². The molecule has 6 heteroatoms. The van der Waals surface area contributed by atoms with Gasteiger partial charge in [-0.15, -0.1) is 0 Å². The Morgan fingerprint density at radius 3 is 2.00 bits per heavy atom. The van der Waals surface area contributed by atoms with Gasteiger partial charge in [0.2, 0.25) is 5.95 Å². The predicted molar refractivity (Wildman–Crippen MR) is 70.7 cm³/mol. The summed E-state index contributed by atoms with van der Waals surface area (Å²) < 4.78 is 0. The van der Waals surface area contributed by atoms with Gasteiger partial charge in [-0.3, -0.25) is 0 Å². The monoisotopic (exact) mass is 287 g/mol. The molecule has 17 heavy (non-hydrogen) atoms. The fourth-order valence-electron chi connectivity index (χ4n) is 1.40. The summed E-state index contributed by atoms with van der Waals surface area (Å²) in [5.41, 5.74) is 7.11. The van der Waals surface area contributed by atoms with E-state index in [0.717, 1.165) is 5.56 Å². The zero-order valence-corrected chi connectivity index (χ0v) is 10.9. The van der Waals surface area contributed by atoms with E-state index in [1.165, 1.54) is 0 Å². The highest BCUT2D eigenvalue weighted by atomic mass is 35.5. The Morgan fingerprint density at radius 2 is 1.47 bits per heavy atom. The minimum atomic E-state index is 0.0693. The Labute approximate surface area is 114 Å². The zero-order chi connectivity index (χ0) is 12.4. The van der Waals surface area contributed by atoms with E-state index in [1.54, 1.807) is 12.1 Å². The SMILES string of the molecule is Nc1nc(Cl)c(Cc2ccc(Cl)cc2)c(Cl)n1. The van der Waals surface area contributed by atoms with E-state index >= 15 is 0 Å². The fourth-order valence-corrected chi connectivity index (χ4v) is 2.06. The van der Waals surface area contributed by atoms with Crippen LogP contribution >= 0.6 is 34.8 Å². The molecule has 0 spiro atoms. The molecule has 2 aromatic rings. The second-order valence-corrected chi connectivity index (χ2v) is 4.60. The van der Waals surface area contributed by atoms with Crippen LogP contribution in [0.25, 0.3) is 0 Å². The first kappa shape index (κ1) is 12.4. The van der Waals surface area contributed by atoms with Crippen LogP contribution in [0.2, 0.25) is 15.3 Å². The molecule has 2 rings (SSSR count). The van der Waals surface area contributed by atoms with Gasteiger partial charge < -0.3 is 5.73 Å². The molecule has 1 aromatic carbocycles. The van der Waals surface area contributed by atoms with Crippen molar-refractivity contribution in [3.05, 3.63) is 50.7 Å². The van der Waals surface area contributed by atoms with Crippen LogP contribution in [-0.2, 0) is 6.42 Å². The van der Waals surface area contributed by atoms with Gasteiger partial charge in [-0.25, -0.2) is 9.97 Å². The van der Waals surface area contributed by atoms with Crippen molar-refractivity contribution in [2.24, 2.45) is 0 Å². The average molecular weight is 289 g/mol. The Hall–Kier alpha value is -1.03. The van der Waals surface area contributed by atoms with Crippen LogP contribution in [0.3, 0.4) is 0 Å². The van der Waals surface area contributed by atoms with Crippen molar-refractivity contribution >= 4 is 40.8 Å². The molecule has 88 valence electrons. The van der Waals surface area contributed by atoms with Crippen molar-refractivity contribution in [2.45, 2.75) is 6.42 Å². The number of aromatic nitrogens is 2. The van der Waals surface area contributed by atoms with Crippen molar-refractivity contribution in [1.29, 1.82) is 0 Å². The van der Waals surface area contributed by atoms with Crippen molar-refractivity contribution in [3.63, 3.8) is 0 Å². The number of nitrogens with zero attached hydrogens (tertiary/aromatic N) is 2. The van der Waals surface area contributed by atoms with Gasteiger partial charge in [-0.05, 0) is 17.7 Å². The third-order valence-corrected chi connectivity index (χ3v) is 3.09. The van der Waals surface area contributed by atoms with Gasteiger partial charge >= 0.3 is 0 Å². The molecule has 0 saturated heterocycles. The Morgan fingerprint density at radius 1 is 0.941 bits per heavy atom. The van der Waals surface area contributed by atoms with Crippen LogP contribution in [0.15, 0.2) is 24.3 Å². The average Bonchev–Trinajstić information content (AvgIpc) is 2.26. The van der Waals surface area contributed by atoms with Gasteiger partial charge in [-0.1, -0.05) is 46.9 Å². The summed E-state index contributed by atoms with van der Waals surface area (Å²) in [6.45, 7) is 0. The lowest BCUT2D eigenvalue weighted by atomic mass is 10.1. The number of hydrogen-bond donors (Lipinski definition) is 1. The molecule has 0 atom stereocenters. The maximum Gasteiger partial charge on any atom is 0.222 e. The first-order valence-corrected chi connectivity index (χ1v) is 5.91. The van der Waals surface area contributed by atoms with Crippen molar-refractivity contribution in [2.75, 3.05) is 5.73 Å². The summed E-state index contributed by atoms with van der Waals surface area (Å²) in [6, 6.07) is 7.39. The van der Waals surface area contributed by atoms with Gasteiger partial charge in [0.25, 0.3) is 0 Å². The van der Waals surface area contributed by atoms with Crippen LogP contribution in [0.5, 0.6) is 0 Å². The third kappa shape index (κ3) is 3.00. The van der Waals surface area contributed by atoms with E-state index in [0.29, 0.717) is 17.0 Å². The molecule has 0 aliphatic carbocycles. The number of nitrogens with two attached hydrogens (primary N) is 1. The van der Waals surface area contributed by atoms with Crippen LogP contribution in [0, 0.1) is 0 Å². The normalized spacial score (nSPS) is 10.5. The second-order valence-electron chi connectivity index (χ2n) is 3.45. The van der Waals surface area contributed by atoms with E-state index in [9.17, 15) is 0 Å². The number of hydrogen-bond acceptors (Lipinski definition) is 3. The maximum atomic E-state index is 5.97. The Balaban J connectivity index is 2.33. The standard InChI is InChI=1S/C11H8Cl3N3/c12-7-3-1-6(2-4-7)5-8-9(13)16-11(15)17-10(8)14/h1-4H,5H2,(H2,15,16,17). The van der Waals surface area contributed by atoms with E-state index in [2.05, 4.69) is 9.97 Å². The smallest absolute Gasteiger partial charge is 0.222 e. The van der Waals surface area contributed by atoms with Gasteiger partial charge in [0.1, 0.15) is 10.3 Å². The van der Waals surface area contributed by atoms with Gasteiger partial charge in [0, 0.05) is 17.0 Å². The molecule has 0 unspecified atom stereocenters. The molecular weight excluding hydrogens is 281 g/mol. The molecule has 1 aromatic heterocycles. The number of benzene rings is 1. The lowest BCUT2D eigenvalue weighted by molar-refractivity contribution is 1.08. The summed E-state index contributed by atoms with van der Waals surface area (Å²) in [5.74, 6) is 0.0693. The van der Waals surface area contributed by atoms with Gasteiger partial charge in [0.05, 0.1) is 0 Å². The summed E-state index contributed by atoms with van der Waals surface area (Å²) in [4.78, 5) is 7.74. The van der Waals surface area contributed by atoms with Crippen LogP contribution < -0.4 is 5.73 Å². The summed E-state index contributed by atoms with van der Waals surface area (Å²) in [7, 11) is 0. The molecule has 0 aliphatic rings. The topological polar surface area (TPSA) is 51.8 Å². The molecular formula is C11H8Cl3N3. The number of anilines is 1. The summed E-state index contributed by atoms with van der Waals surface area (Å²) >= 11 is 17.8. The minimum Gasteiger partial charge on any atom is -0.368 e. The molecule has 0 fully saturated rings. The largest absolute Gasteiger partial charge is 0.368 e. The molecule has 0 amide bonds. The fraction of sp³-hybridized carbons (Fsp3) is 0.0909. The highest BCUT2D eigenvalue weighted by Crippen LogP contribution is 2.25. The van der Waals surface area contributed by atoms with E-state index in [-0.39, 0.29) is 16.3 Å². The third-order valence-electron chi connectivity index (χ3n) is 2.22. The molecule has 2 N–H and O–H groups in total. The van der Waals surface area contributed by atoms with E-state index in [4.69, 9.17) is 40.5 Å². The highest BCUT2D eigenvalue weighted by molar-refractivity contribution is 6.34. The summed E-state index contributed by atoms with van der Waals surface area (Å²) in [6.07, 6.45) is 0.537. The number of nitrogen functional groups attached to an aromatic ring is 1. The molecule has 0 radical (unpaired) electrons. The predicted octanol–water partition coefficient (Wildman–Crippen LogP) is 3.61. The lowest BCUT2D eigenvalue weighted by Gasteiger charge is -2.06. The molecule has 0 saturated carbocycles. The van der Waals surface area contributed by atoms with Crippen molar-refractivity contribution < 1.29 is 0 Å². The highest BCUT2D eigenvalue weighted by Gasteiger charge is 2.11. The number of rotatable bonds is 2. The molecule has 0 aliphatic heterocycles. The first-order valence-electron chi connectivity index (χ1n) is 4.78. The van der Waals surface area contributed by atoms with Gasteiger partial charge in [0.15, 0.2) is 0 Å². The minimum absolute atomic E-state index is 0.0693. The zero-order valence-electron chi connectivity index (χ0n) is 8.62. The van der Waals surface area contributed by atoms with Crippen molar-refractivity contribution in [1.82, 2.24) is 9.97 Å². The molecule has 3 nitrogen and oxygen atoms in total. The second kappa shape index (κ2) is 5.08. The van der Waals surface area contributed by atoms with E-state index in [1.807, 2.05) is 12.1 Å². The quantitative estimate of drug-likeness (QED) is 0.859. The number of halogens is 3.